The molecule has 14 heteroatoms. The minimum absolute atomic E-state index is 0.0944. The SMILES string of the molecule is CCC1C(C)NC(Nc2cc3c(c(C4=CCNCCC4)c2F)OC(CNC2NC(Nc4cc5c(c(C6=CCN(C)CCC6)c4F)OCC5)NC(C)C2C)C3)NC1NC. The molecule has 6 aliphatic rings. The standard InChI is InChI=1S/C44H66F2N10O2/c1-7-32-26(4)51-44(55-42(32)47-5)53-34-22-30-20-31(58-40(30)36(38(34)46)27-10-8-15-48-16-12-27)23-49-41-24(2)25(3)50-43(54-41)52-33-21-29-14-19-57-39(29)35(37(33)45)28-11-9-17-56(6)18-13-28/h12-13,21-22,24-26,31-32,41-44,47-55H,7-11,14-20,23H2,1-6H3. The Bertz CT molecular complexity index is 1860. The Kier molecular flexibility index (Phi) is 12.9. The zero-order valence-corrected chi connectivity index (χ0v) is 35.2. The zero-order valence-electron chi connectivity index (χ0n) is 35.2. The van der Waals surface area contributed by atoms with Crippen LogP contribution in [0.1, 0.15) is 82.1 Å². The van der Waals surface area contributed by atoms with E-state index in [9.17, 15) is 0 Å². The van der Waals surface area contributed by atoms with E-state index in [2.05, 4.69) is 99.6 Å². The molecule has 9 unspecified atom stereocenters. The van der Waals surface area contributed by atoms with E-state index in [1.54, 1.807) is 0 Å². The van der Waals surface area contributed by atoms with E-state index >= 15 is 8.78 Å². The first-order chi connectivity index (χ1) is 28.1. The van der Waals surface area contributed by atoms with Gasteiger partial charge in [-0.3, -0.25) is 26.6 Å². The quantitative estimate of drug-likeness (QED) is 0.159. The Balaban J connectivity index is 0.979. The molecule has 8 rings (SSSR count). The van der Waals surface area contributed by atoms with Crippen LogP contribution in [-0.2, 0) is 12.8 Å². The van der Waals surface area contributed by atoms with Gasteiger partial charge in [-0.1, -0.05) is 26.0 Å². The molecule has 2 fully saturated rings. The summed E-state index contributed by atoms with van der Waals surface area (Å²) in [5.41, 5.74) is 6.18. The van der Waals surface area contributed by atoms with Crippen LogP contribution in [0.25, 0.3) is 11.1 Å². The molecule has 0 saturated carbocycles. The molecule has 318 valence electrons. The summed E-state index contributed by atoms with van der Waals surface area (Å²) in [5, 5.41) is 32.1. The van der Waals surface area contributed by atoms with E-state index < -0.39 is 0 Å². The van der Waals surface area contributed by atoms with Crippen molar-refractivity contribution in [3.8, 4) is 11.5 Å². The van der Waals surface area contributed by atoms with E-state index in [1.165, 1.54) is 0 Å². The molecule has 2 aromatic rings. The molecule has 9 N–H and O–H groups in total. The zero-order chi connectivity index (χ0) is 40.5. The van der Waals surface area contributed by atoms with Crippen LogP contribution in [0, 0.1) is 23.5 Å². The van der Waals surface area contributed by atoms with Gasteiger partial charge in [0.2, 0.25) is 0 Å². The van der Waals surface area contributed by atoms with Gasteiger partial charge in [0.25, 0.3) is 0 Å². The lowest BCUT2D eigenvalue weighted by Crippen LogP contribution is -2.68. The molecular weight excluding hydrogens is 739 g/mol. The van der Waals surface area contributed by atoms with Crippen molar-refractivity contribution < 1.29 is 18.3 Å². The molecule has 0 aromatic heterocycles. The number of hydrogen-bond acceptors (Lipinski definition) is 12. The highest BCUT2D eigenvalue weighted by Gasteiger charge is 2.37. The average Bonchev–Trinajstić information content (AvgIpc) is 3.66. The van der Waals surface area contributed by atoms with Gasteiger partial charge in [-0.15, -0.1) is 0 Å². The van der Waals surface area contributed by atoms with Crippen molar-refractivity contribution in [2.45, 2.75) is 116 Å². The maximum absolute atomic E-state index is 16.9. The summed E-state index contributed by atoms with van der Waals surface area (Å²) in [4.78, 5) is 2.27. The van der Waals surface area contributed by atoms with Crippen molar-refractivity contribution in [3.05, 3.63) is 58.2 Å². The van der Waals surface area contributed by atoms with Crippen molar-refractivity contribution in [2.24, 2.45) is 11.8 Å². The monoisotopic (exact) mass is 805 g/mol. The smallest absolute Gasteiger partial charge is 0.157 e. The van der Waals surface area contributed by atoms with E-state index in [0.29, 0.717) is 66.0 Å². The van der Waals surface area contributed by atoms with Gasteiger partial charge in [0, 0.05) is 61.6 Å². The van der Waals surface area contributed by atoms with Crippen molar-refractivity contribution in [2.75, 3.05) is 64.1 Å². The molecule has 0 spiro atoms. The number of halogens is 2. The van der Waals surface area contributed by atoms with Crippen LogP contribution in [-0.4, -0.2) is 101 Å². The number of likely N-dealkylation sites (N-methyl/N-ethyl adjacent to an activating group) is 1. The second-order valence-corrected chi connectivity index (χ2v) is 17.4. The number of benzene rings is 2. The van der Waals surface area contributed by atoms with Gasteiger partial charge < -0.3 is 35.6 Å². The molecule has 0 bridgehead atoms. The average molecular weight is 805 g/mol. The summed E-state index contributed by atoms with van der Waals surface area (Å²) < 4.78 is 46.2. The first-order valence-corrected chi connectivity index (χ1v) is 21.9. The highest BCUT2D eigenvalue weighted by molar-refractivity contribution is 5.78. The number of rotatable bonds is 11. The predicted octanol–water partition coefficient (Wildman–Crippen LogP) is 4.46. The number of allylic oxidation sites excluding steroid dienone is 2. The summed E-state index contributed by atoms with van der Waals surface area (Å²) in [5.74, 6) is 1.43. The number of ether oxygens (including phenoxy) is 2. The van der Waals surface area contributed by atoms with E-state index in [1.807, 2.05) is 19.2 Å². The second-order valence-electron chi connectivity index (χ2n) is 17.4. The predicted molar refractivity (Wildman–Crippen MR) is 229 cm³/mol. The highest BCUT2D eigenvalue weighted by Crippen LogP contribution is 2.44. The fourth-order valence-corrected chi connectivity index (χ4v) is 9.88. The normalized spacial score (nSPS) is 31.6. The molecule has 0 radical (unpaired) electrons. The number of fused-ring (bicyclic) bond motifs is 2. The Hall–Kier alpha value is -3.34. The lowest BCUT2D eigenvalue weighted by atomic mass is 9.92. The topological polar surface area (TPSA) is 130 Å². The first-order valence-electron chi connectivity index (χ1n) is 21.9. The third-order valence-corrected chi connectivity index (χ3v) is 13.4. The second kappa shape index (κ2) is 18.1. The number of nitrogens with one attached hydrogen (secondary N) is 9. The van der Waals surface area contributed by atoms with Gasteiger partial charge in [0.1, 0.15) is 30.2 Å². The molecule has 58 heavy (non-hydrogen) atoms. The minimum atomic E-state index is -0.382. The molecule has 0 amide bonds. The third-order valence-electron chi connectivity index (χ3n) is 13.4. The van der Waals surface area contributed by atoms with Crippen LogP contribution in [0.2, 0.25) is 0 Å². The molecule has 6 aliphatic heterocycles. The molecule has 12 nitrogen and oxygen atoms in total. The number of nitrogens with zero attached hydrogens (tertiary/aromatic N) is 1. The molecule has 0 aliphatic carbocycles. The fraction of sp³-hybridized carbons (Fsp3) is 0.636. The van der Waals surface area contributed by atoms with Crippen molar-refractivity contribution in [1.82, 2.24) is 42.1 Å². The largest absolute Gasteiger partial charge is 0.492 e. The van der Waals surface area contributed by atoms with Crippen LogP contribution in [0.15, 0.2) is 24.3 Å². The van der Waals surface area contributed by atoms with E-state index in [4.69, 9.17) is 9.47 Å². The number of hydrogen-bond donors (Lipinski definition) is 9. The molecule has 2 aromatic carbocycles. The van der Waals surface area contributed by atoms with E-state index in [0.717, 1.165) is 80.4 Å². The lowest BCUT2D eigenvalue weighted by molar-refractivity contribution is 0.147. The van der Waals surface area contributed by atoms with Gasteiger partial charge >= 0.3 is 0 Å². The molecule has 6 heterocycles. The van der Waals surface area contributed by atoms with Crippen molar-refractivity contribution in [3.63, 3.8) is 0 Å². The first kappa shape index (κ1) is 41.4. The number of anilines is 2. The fourth-order valence-electron chi connectivity index (χ4n) is 9.88. The maximum Gasteiger partial charge on any atom is 0.157 e. The Morgan fingerprint density at radius 2 is 1.52 bits per heavy atom. The third kappa shape index (κ3) is 8.62. The molecule has 2 saturated heterocycles. The van der Waals surface area contributed by atoms with Gasteiger partial charge in [-0.2, -0.15) is 0 Å². The summed E-state index contributed by atoms with van der Waals surface area (Å²) in [6.07, 6.45) is 9.35. The Labute approximate surface area is 343 Å². The van der Waals surface area contributed by atoms with Gasteiger partial charge in [-0.05, 0) is 102 Å². The summed E-state index contributed by atoms with van der Waals surface area (Å²) in [7, 11) is 4.07. The summed E-state index contributed by atoms with van der Waals surface area (Å²) in [6, 6.07) is 4.23. The Morgan fingerprint density at radius 3 is 2.28 bits per heavy atom. The van der Waals surface area contributed by atoms with Crippen LogP contribution >= 0.6 is 0 Å². The lowest BCUT2D eigenvalue weighted by Gasteiger charge is -2.42. The van der Waals surface area contributed by atoms with Gasteiger partial charge in [-0.25, -0.2) is 8.78 Å². The van der Waals surface area contributed by atoms with Crippen LogP contribution in [0.5, 0.6) is 11.5 Å². The van der Waals surface area contributed by atoms with Crippen molar-refractivity contribution in [1.29, 1.82) is 0 Å². The minimum Gasteiger partial charge on any atom is -0.492 e. The summed E-state index contributed by atoms with van der Waals surface area (Å²) >= 11 is 0. The van der Waals surface area contributed by atoms with Crippen LogP contribution in [0.4, 0.5) is 20.2 Å². The van der Waals surface area contributed by atoms with Crippen LogP contribution in [0.3, 0.4) is 0 Å². The van der Waals surface area contributed by atoms with Crippen molar-refractivity contribution >= 4 is 22.5 Å². The van der Waals surface area contributed by atoms with Crippen LogP contribution < -0.4 is 57.3 Å². The maximum atomic E-state index is 16.9. The van der Waals surface area contributed by atoms with E-state index in [-0.39, 0.29) is 60.7 Å². The molecular formula is C44H66F2N10O2. The van der Waals surface area contributed by atoms with Gasteiger partial charge in [0.15, 0.2) is 11.6 Å². The summed E-state index contributed by atoms with van der Waals surface area (Å²) in [6.45, 7) is 13.3. The molecule has 9 atom stereocenters. The highest BCUT2D eigenvalue weighted by atomic mass is 19.1. The Morgan fingerprint density at radius 1 is 0.828 bits per heavy atom. The van der Waals surface area contributed by atoms with Gasteiger partial charge in [0.05, 0.1) is 41.4 Å².